The third-order valence-corrected chi connectivity index (χ3v) is 5.78. The van der Waals surface area contributed by atoms with E-state index in [2.05, 4.69) is 21.4 Å². The van der Waals surface area contributed by atoms with Crippen LogP contribution in [0, 0.1) is 0 Å². The molecule has 1 fully saturated rings. The van der Waals surface area contributed by atoms with Crippen molar-refractivity contribution in [2.45, 2.75) is 29.6 Å². The van der Waals surface area contributed by atoms with Crippen LogP contribution in [0.25, 0.3) is 0 Å². The van der Waals surface area contributed by atoms with Gasteiger partial charge in [0.1, 0.15) is 4.34 Å². The molecule has 3 heterocycles. The number of carbonyl (C=O) groups excluding carboxylic acids is 1. The van der Waals surface area contributed by atoms with Gasteiger partial charge in [0.05, 0.1) is 6.04 Å². The molecule has 0 bridgehead atoms. The molecule has 2 aromatic heterocycles. The highest BCUT2D eigenvalue weighted by atomic mass is 32.2. The maximum absolute atomic E-state index is 12.3. The van der Waals surface area contributed by atoms with Crippen molar-refractivity contribution in [3.05, 3.63) is 35.6 Å². The molecule has 0 aromatic carbocycles. The number of thioether (sulfide) groups is 1. The molecular formula is C15H20N4OS2. The molecule has 1 atom stereocenters. The lowest BCUT2D eigenvalue weighted by molar-refractivity contribution is 0.192. The zero-order valence-corrected chi connectivity index (χ0v) is 14.0. The topological polar surface area (TPSA) is 61.0 Å². The number of nitrogens with zero attached hydrogens (tertiary/aromatic N) is 2. The van der Waals surface area contributed by atoms with Gasteiger partial charge in [0.25, 0.3) is 0 Å². The first-order valence-corrected chi connectivity index (χ1v) is 9.41. The van der Waals surface area contributed by atoms with Gasteiger partial charge in [-0.1, -0.05) is 11.8 Å². The molecule has 0 saturated carbocycles. The predicted octanol–water partition coefficient (Wildman–Crippen LogP) is 3.50. The molecule has 1 aliphatic heterocycles. The number of H-pyrrole nitrogens is 1. The van der Waals surface area contributed by atoms with Crippen LogP contribution in [0.15, 0.2) is 34.2 Å². The Labute approximate surface area is 138 Å². The smallest absolute Gasteiger partial charge is 0.317 e. The largest absolute Gasteiger partial charge is 0.363 e. The molecular weight excluding hydrogens is 316 g/mol. The summed E-state index contributed by atoms with van der Waals surface area (Å²) >= 11 is 3.41. The summed E-state index contributed by atoms with van der Waals surface area (Å²) in [5.74, 6) is 0.980. The van der Waals surface area contributed by atoms with Gasteiger partial charge in [-0.15, -0.1) is 11.3 Å². The van der Waals surface area contributed by atoms with Crippen molar-refractivity contribution in [2.75, 3.05) is 18.8 Å². The minimum absolute atomic E-state index is 0.0522. The van der Waals surface area contributed by atoms with Crippen LogP contribution in [0.2, 0.25) is 0 Å². The Balaban J connectivity index is 1.40. The first-order chi connectivity index (χ1) is 10.8. The Morgan fingerprint density at radius 3 is 3.32 bits per heavy atom. The Bertz CT molecular complexity index is 570. The molecule has 22 heavy (non-hydrogen) atoms. The van der Waals surface area contributed by atoms with Gasteiger partial charge in [-0.2, -0.15) is 0 Å². The number of carbonyl (C=O) groups is 1. The number of nitrogens with one attached hydrogen (secondary N) is 2. The van der Waals surface area contributed by atoms with Gasteiger partial charge in [-0.3, -0.25) is 0 Å². The monoisotopic (exact) mass is 336 g/mol. The minimum Gasteiger partial charge on any atom is -0.363 e. The van der Waals surface area contributed by atoms with Crippen molar-refractivity contribution in [3.63, 3.8) is 0 Å². The van der Waals surface area contributed by atoms with Gasteiger partial charge in [0, 0.05) is 42.3 Å². The van der Waals surface area contributed by atoms with Crippen molar-refractivity contribution in [1.82, 2.24) is 20.2 Å². The lowest BCUT2D eigenvalue weighted by Gasteiger charge is -2.24. The number of amides is 2. The molecule has 0 unspecified atom stereocenters. The van der Waals surface area contributed by atoms with E-state index in [1.54, 1.807) is 23.1 Å². The molecule has 0 aliphatic carbocycles. The maximum Gasteiger partial charge on any atom is 0.317 e. The molecule has 5 nitrogen and oxygen atoms in total. The number of aromatic amines is 1. The first-order valence-electron chi connectivity index (χ1n) is 7.54. The molecule has 7 heteroatoms. The highest BCUT2D eigenvalue weighted by Crippen LogP contribution is 2.30. The summed E-state index contributed by atoms with van der Waals surface area (Å²) in [7, 11) is 0. The van der Waals surface area contributed by atoms with E-state index in [0.29, 0.717) is 6.54 Å². The molecule has 118 valence electrons. The van der Waals surface area contributed by atoms with E-state index in [1.165, 1.54) is 0 Å². The van der Waals surface area contributed by atoms with E-state index in [1.807, 2.05) is 28.7 Å². The van der Waals surface area contributed by atoms with E-state index in [4.69, 9.17) is 0 Å². The van der Waals surface area contributed by atoms with Crippen molar-refractivity contribution >= 4 is 29.1 Å². The normalized spacial score (nSPS) is 17.8. The van der Waals surface area contributed by atoms with Crippen LogP contribution in [0.1, 0.15) is 31.0 Å². The summed E-state index contributed by atoms with van der Waals surface area (Å²) < 4.78 is 1.10. The fourth-order valence-electron chi connectivity index (χ4n) is 2.69. The summed E-state index contributed by atoms with van der Waals surface area (Å²) in [6.45, 7) is 1.55. The standard InChI is InChI=1S/C15H20N4OS2/c20-14(17-7-3-10-21-15-18-8-11-22-15)19-9-2-5-13(19)12-4-1-6-16-12/h1,4,6,8,11,13,16H,2-3,5,7,9-10H2,(H,17,20)/t13-/m1/s1. The zero-order valence-electron chi connectivity index (χ0n) is 12.3. The molecule has 0 spiro atoms. The highest BCUT2D eigenvalue weighted by molar-refractivity contribution is 8.00. The van der Waals surface area contributed by atoms with Crippen LogP contribution in [0.3, 0.4) is 0 Å². The number of rotatable bonds is 6. The number of urea groups is 1. The van der Waals surface area contributed by atoms with Crippen LogP contribution in [0.4, 0.5) is 4.79 Å². The van der Waals surface area contributed by atoms with Crippen molar-refractivity contribution in [1.29, 1.82) is 0 Å². The molecule has 0 radical (unpaired) electrons. The predicted molar refractivity (Wildman–Crippen MR) is 90.3 cm³/mol. The van der Waals surface area contributed by atoms with Crippen molar-refractivity contribution in [2.24, 2.45) is 0 Å². The minimum atomic E-state index is 0.0522. The third kappa shape index (κ3) is 3.84. The fraction of sp³-hybridized carbons (Fsp3) is 0.467. The average molecular weight is 336 g/mol. The molecule has 3 rings (SSSR count). The summed E-state index contributed by atoms with van der Waals surface area (Å²) in [6, 6.07) is 4.29. The maximum atomic E-state index is 12.3. The Kier molecular flexibility index (Phi) is 5.39. The summed E-state index contributed by atoms with van der Waals surface area (Å²) in [6.07, 6.45) is 6.80. The average Bonchev–Trinajstić information content (AvgIpc) is 3.26. The van der Waals surface area contributed by atoms with Gasteiger partial charge >= 0.3 is 6.03 Å². The van der Waals surface area contributed by atoms with Gasteiger partial charge in [0.15, 0.2) is 0 Å². The fourth-order valence-corrected chi connectivity index (χ4v) is 4.34. The number of aromatic nitrogens is 2. The van der Waals surface area contributed by atoms with Gasteiger partial charge in [0.2, 0.25) is 0 Å². The van der Waals surface area contributed by atoms with Gasteiger partial charge in [-0.05, 0) is 31.4 Å². The molecule has 1 aliphatic rings. The number of likely N-dealkylation sites (tertiary alicyclic amines) is 1. The summed E-state index contributed by atoms with van der Waals surface area (Å²) in [5.41, 5.74) is 1.13. The number of hydrogen-bond donors (Lipinski definition) is 2. The molecule has 2 N–H and O–H groups in total. The van der Waals surface area contributed by atoms with Crippen molar-refractivity contribution in [3.8, 4) is 0 Å². The first kappa shape index (κ1) is 15.4. The number of hydrogen-bond acceptors (Lipinski definition) is 4. The van der Waals surface area contributed by atoms with E-state index in [9.17, 15) is 4.79 Å². The number of thiazole rings is 1. The molecule has 2 aromatic rings. The van der Waals surface area contributed by atoms with Crippen LogP contribution in [-0.4, -0.2) is 39.7 Å². The van der Waals surface area contributed by atoms with E-state index >= 15 is 0 Å². The van der Waals surface area contributed by atoms with Crippen molar-refractivity contribution < 1.29 is 4.79 Å². The van der Waals surface area contributed by atoms with Crippen LogP contribution in [0.5, 0.6) is 0 Å². The van der Waals surface area contributed by atoms with Crippen LogP contribution < -0.4 is 5.32 Å². The lowest BCUT2D eigenvalue weighted by Crippen LogP contribution is -2.40. The van der Waals surface area contributed by atoms with E-state index in [0.717, 1.165) is 41.6 Å². The summed E-state index contributed by atoms with van der Waals surface area (Å²) in [4.78, 5) is 21.7. The zero-order chi connectivity index (χ0) is 15.2. The Morgan fingerprint density at radius 2 is 2.55 bits per heavy atom. The Hall–Kier alpha value is -1.47. The second-order valence-electron chi connectivity index (χ2n) is 5.21. The lowest BCUT2D eigenvalue weighted by atomic mass is 10.1. The Morgan fingerprint density at radius 1 is 1.59 bits per heavy atom. The highest BCUT2D eigenvalue weighted by Gasteiger charge is 2.30. The SMILES string of the molecule is O=C(NCCCSc1nccs1)N1CCC[C@@H]1c1ccc[nH]1. The third-order valence-electron chi connectivity index (χ3n) is 3.73. The van der Waals surface area contributed by atoms with Gasteiger partial charge in [-0.25, -0.2) is 9.78 Å². The second kappa shape index (κ2) is 7.69. The molecule has 2 amide bonds. The summed E-state index contributed by atoms with van der Waals surface area (Å²) in [5, 5.41) is 5.02. The van der Waals surface area contributed by atoms with Crippen LogP contribution in [-0.2, 0) is 0 Å². The van der Waals surface area contributed by atoms with Crippen LogP contribution >= 0.6 is 23.1 Å². The van der Waals surface area contributed by atoms with E-state index < -0.39 is 0 Å². The molecule has 1 saturated heterocycles. The second-order valence-corrected chi connectivity index (χ2v) is 7.45. The quantitative estimate of drug-likeness (QED) is 0.627. The van der Waals surface area contributed by atoms with Gasteiger partial charge < -0.3 is 15.2 Å². The van der Waals surface area contributed by atoms with E-state index in [-0.39, 0.29) is 12.1 Å².